The van der Waals surface area contributed by atoms with Gasteiger partial charge in [0.25, 0.3) is 0 Å². The van der Waals surface area contributed by atoms with Crippen LogP contribution in [-0.2, 0) is 0 Å². The number of para-hydroxylation sites is 1. The van der Waals surface area contributed by atoms with Gasteiger partial charge in [-0.25, -0.2) is 0 Å². The molecule has 74 valence electrons. The molecule has 0 fully saturated rings. The molecule has 0 aliphatic carbocycles. The van der Waals surface area contributed by atoms with Crippen LogP contribution in [0.2, 0.25) is 0 Å². The summed E-state index contributed by atoms with van der Waals surface area (Å²) in [7, 11) is 0. The van der Waals surface area contributed by atoms with Crippen LogP contribution in [0.25, 0.3) is 10.9 Å². The van der Waals surface area contributed by atoms with Crippen LogP contribution < -0.4 is 4.57 Å². The minimum Gasteiger partial charge on any atom is -0.313 e. The second kappa shape index (κ2) is 3.92. The quantitative estimate of drug-likeness (QED) is 0.246. The highest BCUT2D eigenvalue weighted by Gasteiger charge is 2.11. The third kappa shape index (κ3) is 1.59. The number of hydrogen-bond acceptors (Lipinski definition) is 2. The van der Waals surface area contributed by atoms with E-state index in [1.165, 1.54) is 6.08 Å². The molecule has 2 rings (SSSR count). The molecule has 1 aromatic carbocycles. The average Bonchev–Trinajstić information content (AvgIpc) is 2.31. The number of oxime groups is 1. The molecule has 0 bridgehead atoms. The van der Waals surface area contributed by atoms with Crippen molar-refractivity contribution >= 4 is 16.7 Å². The molecule has 0 spiro atoms. The van der Waals surface area contributed by atoms with Crippen molar-refractivity contribution in [3.05, 3.63) is 55.3 Å². The topological polar surface area (TPSA) is 36.5 Å². The second-order valence-corrected chi connectivity index (χ2v) is 3.10. The molecule has 0 unspecified atom stereocenters. The summed E-state index contributed by atoms with van der Waals surface area (Å²) in [6, 6.07) is 11.8. The number of nitrogens with zero attached hydrogens (tertiary/aromatic N) is 2. The molecule has 0 saturated carbocycles. The van der Waals surface area contributed by atoms with Gasteiger partial charge in [0, 0.05) is 11.5 Å². The Labute approximate surface area is 87.6 Å². The predicted molar refractivity (Wildman–Crippen MR) is 59.0 cm³/mol. The summed E-state index contributed by atoms with van der Waals surface area (Å²) in [5.74, 6) is 0.409. The average molecular weight is 199 g/mol. The number of allylic oxidation sites excluding steroid dienone is 1. The van der Waals surface area contributed by atoms with Crippen molar-refractivity contribution in [3.63, 3.8) is 0 Å². The lowest BCUT2D eigenvalue weighted by Crippen LogP contribution is -2.41. The molecule has 0 atom stereocenters. The van der Waals surface area contributed by atoms with E-state index < -0.39 is 0 Å². The molecule has 3 nitrogen and oxygen atoms in total. The molecule has 0 aliphatic rings. The van der Waals surface area contributed by atoms with E-state index in [-0.39, 0.29) is 0 Å². The van der Waals surface area contributed by atoms with Crippen molar-refractivity contribution in [1.29, 1.82) is 0 Å². The molecule has 15 heavy (non-hydrogen) atoms. The van der Waals surface area contributed by atoms with Crippen molar-refractivity contribution in [3.8, 4) is 0 Å². The number of hydrogen-bond donors (Lipinski definition) is 1. The van der Waals surface area contributed by atoms with Gasteiger partial charge in [0.15, 0.2) is 5.16 Å². The molecule has 1 aromatic heterocycles. The monoisotopic (exact) mass is 199 g/mol. The fourth-order valence-electron chi connectivity index (χ4n) is 1.55. The van der Waals surface area contributed by atoms with Crippen LogP contribution >= 0.6 is 0 Å². The largest absolute Gasteiger partial charge is 0.373 e. The third-order valence-electron chi connectivity index (χ3n) is 2.24. The van der Waals surface area contributed by atoms with Crippen molar-refractivity contribution < 1.29 is 9.77 Å². The van der Waals surface area contributed by atoms with E-state index in [1.807, 2.05) is 42.6 Å². The minimum atomic E-state index is 0.409. The zero-order valence-electron chi connectivity index (χ0n) is 8.17. The fourth-order valence-corrected chi connectivity index (χ4v) is 1.55. The Morgan fingerprint density at radius 2 is 2.00 bits per heavy atom. The smallest absolute Gasteiger partial charge is 0.313 e. The summed E-state index contributed by atoms with van der Waals surface area (Å²) >= 11 is 0. The first-order chi connectivity index (χ1) is 7.36. The van der Waals surface area contributed by atoms with Gasteiger partial charge in [-0.15, -0.1) is 0 Å². The van der Waals surface area contributed by atoms with Crippen LogP contribution in [0.4, 0.5) is 0 Å². The highest BCUT2D eigenvalue weighted by atomic mass is 16.4. The summed E-state index contributed by atoms with van der Waals surface area (Å²) in [5.41, 5.74) is 0.979. The van der Waals surface area contributed by atoms with Gasteiger partial charge in [-0.05, 0) is 18.2 Å². The highest BCUT2D eigenvalue weighted by Crippen LogP contribution is 2.07. The highest BCUT2D eigenvalue weighted by molar-refractivity contribution is 5.88. The first kappa shape index (κ1) is 9.40. The normalized spacial score (nSPS) is 11.6. The van der Waals surface area contributed by atoms with Gasteiger partial charge < -0.3 is 5.21 Å². The molecular weight excluding hydrogens is 188 g/mol. The van der Waals surface area contributed by atoms with Crippen LogP contribution in [0, 0.1) is 0 Å². The Hall–Kier alpha value is -2.16. The maximum absolute atomic E-state index is 8.83. The van der Waals surface area contributed by atoms with E-state index in [2.05, 4.69) is 11.7 Å². The summed E-state index contributed by atoms with van der Waals surface area (Å²) in [6.45, 7) is 3.60. The summed E-state index contributed by atoms with van der Waals surface area (Å²) in [4.78, 5) is 0. The van der Waals surface area contributed by atoms with Gasteiger partial charge in [0.05, 0.1) is 6.20 Å². The standard InChI is InChI=1S/C12H10N2O/c1-2-12(13-15)14-9-5-7-10-6-3-4-8-11(10)14/h2-9H,1H2/p+1. The lowest BCUT2D eigenvalue weighted by Gasteiger charge is -2.00. The van der Waals surface area contributed by atoms with Crippen molar-refractivity contribution in [1.82, 2.24) is 0 Å². The Bertz CT molecular complexity index is 527. The van der Waals surface area contributed by atoms with Gasteiger partial charge in [-0.2, -0.15) is 4.57 Å². The van der Waals surface area contributed by atoms with Gasteiger partial charge in [-0.1, -0.05) is 24.8 Å². The predicted octanol–water partition coefficient (Wildman–Crippen LogP) is 1.95. The Morgan fingerprint density at radius 1 is 1.27 bits per heavy atom. The Balaban J connectivity index is 2.76. The van der Waals surface area contributed by atoms with E-state index in [0.29, 0.717) is 5.84 Å². The third-order valence-corrected chi connectivity index (χ3v) is 2.24. The van der Waals surface area contributed by atoms with E-state index in [0.717, 1.165) is 10.9 Å². The second-order valence-electron chi connectivity index (χ2n) is 3.10. The number of benzene rings is 1. The summed E-state index contributed by atoms with van der Waals surface area (Å²) < 4.78 is 1.78. The van der Waals surface area contributed by atoms with E-state index in [4.69, 9.17) is 5.21 Å². The van der Waals surface area contributed by atoms with E-state index in [1.54, 1.807) is 4.57 Å². The molecule has 1 N–H and O–H groups in total. The van der Waals surface area contributed by atoms with Crippen LogP contribution in [0.1, 0.15) is 0 Å². The van der Waals surface area contributed by atoms with Crippen LogP contribution in [-0.4, -0.2) is 11.0 Å². The maximum Gasteiger partial charge on any atom is 0.373 e. The van der Waals surface area contributed by atoms with Crippen LogP contribution in [0.15, 0.2) is 60.4 Å². The molecular formula is C12H11N2O+. The Kier molecular flexibility index (Phi) is 2.46. The molecule has 3 heteroatoms. The van der Waals surface area contributed by atoms with Gasteiger partial charge >= 0.3 is 5.84 Å². The van der Waals surface area contributed by atoms with Gasteiger partial charge in [0.1, 0.15) is 5.52 Å². The Morgan fingerprint density at radius 3 is 2.73 bits per heavy atom. The number of aromatic nitrogens is 1. The van der Waals surface area contributed by atoms with Gasteiger partial charge in [0.2, 0.25) is 0 Å². The number of pyridine rings is 1. The molecule has 0 amide bonds. The van der Waals surface area contributed by atoms with Crippen molar-refractivity contribution in [2.24, 2.45) is 5.16 Å². The van der Waals surface area contributed by atoms with Crippen molar-refractivity contribution in [2.75, 3.05) is 0 Å². The molecule has 0 aliphatic heterocycles. The molecule has 0 saturated heterocycles. The first-order valence-corrected chi connectivity index (χ1v) is 4.61. The van der Waals surface area contributed by atoms with Crippen LogP contribution in [0.5, 0.6) is 0 Å². The van der Waals surface area contributed by atoms with Crippen molar-refractivity contribution in [2.45, 2.75) is 0 Å². The SMILES string of the molecule is C=CC(=NO)[n+]1cccc2ccccc21. The number of fused-ring (bicyclic) bond motifs is 1. The first-order valence-electron chi connectivity index (χ1n) is 4.61. The maximum atomic E-state index is 8.83. The van der Waals surface area contributed by atoms with Gasteiger partial charge in [-0.3, -0.25) is 0 Å². The minimum absolute atomic E-state index is 0.409. The summed E-state index contributed by atoms with van der Waals surface area (Å²) in [5, 5.41) is 13.1. The van der Waals surface area contributed by atoms with E-state index >= 15 is 0 Å². The molecule has 0 radical (unpaired) electrons. The lowest BCUT2D eigenvalue weighted by molar-refractivity contribution is -0.525. The lowest BCUT2D eigenvalue weighted by atomic mass is 10.2. The zero-order valence-corrected chi connectivity index (χ0v) is 8.17. The van der Waals surface area contributed by atoms with E-state index in [9.17, 15) is 0 Å². The number of rotatable bonds is 1. The summed E-state index contributed by atoms with van der Waals surface area (Å²) in [6.07, 6.45) is 3.34. The molecule has 2 aromatic rings. The van der Waals surface area contributed by atoms with Crippen LogP contribution in [0.3, 0.4) is 0 Å². The molecule has 1 heterocycles. The zero-order chi connectivity index (χ0) is 10.7. The fraction of sp³-hybridized carbons (Fsp3) is 0.